The standard InChI is InChI=1S/C14H29N/c1-12(2)13(14(3,4)5)11-15-9-7-6-8-10-15/h12-13H,6-11H2,1-5H3/t13-/m1/s1. The molecule has 0 aliphatic carbocycles. The molecule has 0 unspecified atom stereocenters. The quantitative estimate of drug-likeness (QED) is 0.686. The Kier molecular flexibility index (Phi) is 4.64. The van der Waals surface area contributed by atoms with Crippen molar-refractivity contribution in [1.82, 2.24) is 4.90 Å². The summed E-state index contributed by atoms with van der Waals surface area (Å²) < 4.78 is 0. The highest BCUT2D eigenvalue weighted by Crippen LogP contribution is 2.33. The molecule has 0 saturated carbocycles. The fourth-order valence-electron chi connectivity index (χ4n) is 2.90. The van der Waals surface area contributed by atoms with Gasteiger partial charge in [-0.1, -0.05) is 41.0 Å². The van der Waals surface area contributed by atoms with Gasteiger partial charge in [0.1, 0.15) is 0 Å². The summed E-state index contributed by atoms with van der Waals surface area (Å²) in [5.74, 6) is 1.63. The van der Waals surface area contributed by atoms with Crippen molar-refractivity contribution in [2.24, 2.45) is 17.3 Å². The maximum Gasteiger partial charge on any atom is 0.00171 e. The van der Waals surface area contributed by atoms with Crippen LogP contribution < -0.4 is 0 Å². The third-order valence-electron chi connectivity index (χ3n) is 3.82. The molecule has 0 spiro atoms. The molecule has 0 aromatic carbocycles. The minimum atomic E-state index is 0.450. The summed E-state index contributed by atoms with van der Waals surface area (Å²) in [7, 11) is 0. The first-order valence-electron chi connectivity index (χ1n) is 6.63. The summed E-state index contributed by atoms with van der Waals surface area (Å²) in [5.41, 5.74) is 0.450. The van der Waals surface area contributed by atoms with Gasteiger partial charge in [-0.15, -0.1) is 0 Å². The van der Waals surface area contributed by atoms with E-state index in [9.17, 15) is 0 Å². The van der Waals surface area contributed by atoms with E-state index in [0.29, 0.717) is 5.41 Å². The molecule has 1 nitrogen and oxygen atoms in total. The molecule has 15 heavy (non-hydrogen) atoms. The highest BCUT2D eigenvalue weighted by molar-refractivity contribution is 4.80. The number of hydrogen-bond acceptors (Lipinski definition) is 1. The van der Waals surface area contributed by atoms with Gasteiger partial charge >= 0.3 is 0 Å². The van der Waals surface area contributed by atoms with Crippen molar-refractivity contribution in [2.75, 3.05) is 19.6 Å². The van der Waals surface area contributed by atoms with Gasteiger partial charge in [0.25, 0.3) is 0 Å². The topological polar surface area (TPSA) is 3.24 Å². The number of rotatable bonds is 3. The normalized spacial score (nSPS) is 22.0. The summed E-state index contributed by atoms with van der Waals surface area (Å²) in [4.78, 5) is 2.68. The zero-order valence-electron chi connectivity index (χ0n) is 11.3. The molecule has 1 heteroatoms. The molecule has 0 aromatic heterocycles. The fraction of sp³-hybridized carbons (Fsp3) is 1.00. The maximum atomic E-state index is 2.68. The largest absolute Gasteiger partial charge is 0.303 e. The Balaban J connectivity index is 2.50. The Morgan fingerprint density at radius 1 is 1.00 bits per heavy atom. The molecule has 0 radical (unpaired) electrons. The zero-order chi connectivity index (χ0) is 11.5. The van der Waals surface area contributed by atoms with Crippen LogP contribution in [0.2, 0.25) is 0 Å². The number of hydrogen-bond donors (Lipinski definition) is 0. The van der Waals surface area contributed by atoms with E-state index in [2.05, 4.69) is 39.5 Å². The van der Waals surface area contributed by atoms with Crippen LogP contribution in [0.3, 0.4) is 0 Å². The molecule has 0 amide bonds. The highest BCUT2D eigenvalue weighted by Gasteiger charge is 2.29. The molecule has 1 rings (SSSR count). The molecule has 0 bridgehead atoms. The van der Waals surface area contributed by atoms with E-state index in [4.69, 9.17) is 0 Å². The van der Waals surface area contributed by atoms with Crippen molar-refractivity contribution >= 4 is 0 Å². The van der Waals surface area contributed by atoms with E-state index in [1.54, 1.807) is 0 Å². The lowest BCUT2D eigenvalue weighted by atomic mass is 9.74. The summed E-state index contributed by atoms with van der Waals surface area (Å²) in [6.07, 6.45) is 4.27. The van der Waals surface area contributed by atoms with E-state index < -0.39 is 0 Å². The lowest BCUT2D eigenvalue weighted by Gasteiger charge is -2.39. The molecule has 1 heterocycles. The van der Waals surface area contributed by atoms with E-state index >= 15 is 0 Å². The maximum absolute atomic E-state index is 2.68. The van der Waals surface area contributed by atoms with Crippen LogP contribution in [0.4, 0.5) is 0 Å². The van der Waals surface area contributed by atoms with Crippen LogP contribution >= 0.6 is 0 Å². The van der Waals surface area contributed by atoms with Crippen LogP contribution in [0.5, 0.6) is 0 Å². The number of likely N-dealkylation sites (tertiary alicyclic amines) is 1. The predicted octanol–water partition coefficient (Wildman–Crippen LogP) is 3.79. The minimum Gasteiger partial charge on any atom is -0.303 e. The smallest absolute Gasteiger partial charge is 0.00171 e. The average Bonchev–Trinajstić information content (AvgIpc) is 2.13. The van der Waals surface area contributed by atoms with Crippen molar-refractivity contribution in [3.8, 4) is 0 Å². The molecular weight excluding hydrogens is 182 g/mol. The van der Waals surface area contributed by atoms with Gasteiger partial charge in [-0.05, 0) is 43.2 Å². The Hall–Kier alpha value is -0.0400. The van der Waals surface area contributed by atoms with E-state index in [0.717, 1.165) is 11.8 Å². The number of nitrogens with zero attached hydrogens (tertiary/aromatic N) is 1. The van der Waals surface area contributed by atoms with Crippen LogP contribution in [0.1, 0.15) is 53.9 Å². The molecule has 0 N–H and O–H groups in total. The van der Waals surface area contributed by atoms with Crippen molar-refractivity contribution in [2.45, 2.75) is 53.9 Å². The van der Waals surface area contributed by atoms with Gasteiger partial charge in [0, 0.05) is 6.54 Å². The second-order valence-electron chi connectivity index (χ2n) is 6.58. The lowest BCUT2D eigenvalue weighted by Crippen LogP contribution is -2.40. The van der Waals surface area contributed by atoms with Crippen LogP contribution in [0.25, 0.3) is 0 Å². The molecular formula is C14H29N. The van der Waals surface area contributed by atoms with Crippen LogP contribution in [-0.4, -0.2) is 24.5 Å². The molecule has 1 aliphatic rings. The zero-order valence-corrected chi connectivity index (χ0v) is 11.3. The van der Waals surface area contributed by atoms with Crippen LogP contribution in [-0.2, 0) is 0 Å². The first-order valence-corrected chi connectivity index (χ1v) is 6.63. The molecule has 1 saturated heterocycles. The van der Waals surface area contributed by atoms with Gasteiger partial charge < -0.3 is 4.90 Å². The van der Waals surface area contributed by atoms with Crippen molar-refractivity contribution < 1.29 is 0 Å². The fourth-order valence-corrected chi connectivity index (χ4v) is 2.90. The second-order valence-corrected chi connectivity index (χ2v) is 6.58. The van der Waals surface area contributed by atoms with Gasteiger partial charge in [-0.3, -0.25) is 0 Å². The highest BCUT2D eigenvalue weighted by atomic mass is 15.1. The first kappa shape index (κ1) is 13.0. The lowest BCUT2D eigenvalue weighted by molar-refractivity contribution is 0.0983. The molecule has 1 aliphatic heterocycles. The summed E-state index contributed by atoms with van der Waals surface area (Å²) >= 11 is 0. The Bertz CT molecular complexity index is 172. The van der Waals surface area contributed by atoms with Gasteiger partial charge in [0.15, 0.2) is 0 Å². The van der Waals surface area contributed by atoms with Crippen LogP contribution in [0, 0.1) is 17.3 Å². The van der Waals surface area contributed by atoms with Gasteiger partial charge in [-0.2, -0.15) is 0 Å². The first-order chi connectivity index (χ1) is 6.91. The van der Waals surface area contributed by atoms with Gasteiger partial charge in [0.05, 0.1) is 0 Å². The summed E-state index contributed by atoms with van der Waals surface area (Å²) in [5, 5.41) is 0. The Morgan fingerprint density at radius 2 is 1.53 bits per heavy atom. The molecule has 0 aromatic rings. The monoisotopic (exact) mass is 211 g/mol. The van der Waals surface area contributed by atoms with Crippen LogP contribution in [0.15, 0.2) is 0 Å². The van der Waals surface area contributed by atoms with Crippen molar-refractivity contribution in [3.05, 3.63) is 0 Å². The molecule has 1 atom stereocenters. The molecule has 90 valence electrons. The van der Waals surface area contributed by atoms with Crippen molar-refractivity contribution in [3.63, 3.8) is 0 Å². The third-order valence-corrected chi connectivity index (χ3v) is 3.82. The molecule has 1 fully saturated rings. The summed E-state index contributed by atoms with van der Waals surface area (Å²) in [6.45, 7) is 15.9. The predicted molar refractivity (Wildman–Crippen MR) is 68.1 cm³/mol. The summed E-state index contributed by atoms with van der Waals surface area (Å²) in [6, 6.07) is 0. The van der Waals surface area contributed by atoms with E-state index in [1.165, 1.54) is 38.9 Å². The van der Waals surface area contributed by atoms with Gasteiger partial charge in [-0.25, -0.2) is 0 Å². The van der Waals surface area contributed by atoms with E-state index in [-0.39, 0.29) is 0 Å². The Labute approximate surface area is 96.2 Å². The SMILES string of the molecule is CC(C)[C@@H](CN1CCCCC1)C(C)(C)C. The van der Waals surface area contributed by atoms with Gasteiger partial charge in [0.2, 0.25) is 0 Å². The number of piperidine rings is 1. The minimum absolute atomic E-state index is 0.450. The van der Waals surface area contributed by atoms with Crippen molar-refractivity contribution in [1.29, 1.82) is 0 Å². The third kappa shape index (κ3) is 4.14. The van der Waals surface area contributed by atoms with E-state index in [1.807, 2.05) is 0 Å². The average molecular weight is 211 g/mol. The second kappa shape index (κ2) is 5.34. The Morgan fingerprint density at radius 3 is 1.93 bits per heavy atom.